The van der Waals surface area contributed by atoms with E-state index >= 15 is 0 Å². The van der Waals surface area contributed by atoms with Gasteiger partial charge in [-0.15, -0.1) is 5.10 Å². The highest BCUT2D eigenvalue weighted by Gasteiger charge is 2.08. The summed E-state index contributed by atoms with van der Waals surface area (Å²) in [6.45, 7) is 4.68. The van der Waals surface area contributed by atoms with Gasteiger partial charge >= 0.3 is 11.4 Å². The molecular formula is C21H26N8O5. The fourth-order valence-corrected chi connectivity index (χ4v) is 3.02. The molecule has 0 aliphatic rings. The van der Waals surface area contributed by atoms with Crippen LogP contribution in [0.25, 0.3) is 5.69 Å². The monoisotopic (exact) mass is 470 g/mol. The number of ether oxygens (including phenoxy) is 1. The molecule has 3 rings (SSSR count). The first kappa shape index (κ1) is 24.2. The van der Waals surface area contributed by atoms with Gasteiger partial charge in [0.1, 0.15) is 24.6 Å². The van der Waals surface area contributed by atoms with E-state index in [1.54, 1.807) is 30.5 Å². The topological polar surface area (TPSA) is 169 Å². The molecule has 0 spiro atoms. The first-order valence-corrected chi connectivity index (χ1v) is 10.6. The van der Waals surface area contributed by atoms with Gasteiger partial charge in [0.15, 0.2) is 0 Å². The largest absolute Gasteiger partial charge is 0.487 e. The highest BCUT2D eigenvalue weighted by molar-refractivity contribution is 5.86. The van der Waals surface area contributed by atoms with Gasteiger partial charge in [0, 0.05) is 13.1 Å². The maximum atomic E-state index is 12.0. The first-order valence-electron chi connectivity index (χ1n) is 10.6. The number of rotatable bonds is 13. The Bertz CT molecular complexity index is 1190. The van der Waals surface area contributed by atoms with Crippen LogP contribution in [0, 0.1) is 0 Å². The zero-order chi connectivity index (χ0) is 24.3. The van der Waals surface area contributed by atoms with Gasteiger partial charge in [0.25, 0.3) is 0 Å². The Balaban J connectivity index is 1.36. The lowest BCUT2D eigenvalue weighted by molar-refractivity contribution is -0.121. The number of nitrogens with zero attached hydrogens (tertiary/aromatic N) is 4. The Morgan fingerprint density at radius 3 is 2.38 bits per heavy atom. The number of aromatic nitrogens is 6. The molecule has 2 heterocycles. The maximum absolute atomic E-state index is 12.0. The number of benzene rings is 1. The second-order valence-electron chi connectivity index (χ2n) is 7.29. The van der Waals surface area contributed by atoms with E-state index in [9.17, 15) is 19.2 Å². The molecule has 4 N–H and O–H groups in total. The number of aromatic amines is 2. The Kier molecular flexibility index (Phi) is 8.54. The summed E-state index contributed by atoms with van der Waals surface area (Å²) >= 11 is 0. The van der Waals surface area contributed by atoms with Gasteiger partial charge in [0.05, 0.1) is 11.9 Å². The smallest absolute Gasteiger partial charge is 0.348 e. The van der Waals surface area contributed by atoms with E-state index < -0.39 is 11.4 Å². The molecule has 0 aliphatic carbocycles. The maximum Gasteiger partial charge on any atom is 0.348 e. The summed E-state index contributed by atoms with van der Waals surface area (Å²) in [6.07, 6.45) is 5.36. The zero-order valence-electron chi connectivity index (χ0n) is 18.5. The van der Waals surface area contributed by atoms with Crippen LogP contribution in [0.15, 0.2) is 52.7 Å². The van der Waals surface area contributed by atoms with Crippen molar-refractivity contribution in [1.29, 1.82) is 0 Å². The molecule has 0 bridgehead atoms. The van der Waals surface area contributed by atoms with Gasteiger partial charge in [-0.1, -0.05) is 11.8 Å². The summed E-state index contributed by atoms with van der Waals surface area (Å²) in [4.78, 5) is 46.3. The van der Waals surface area contributed by atoms with Crippen LogP contribution in [-0.2, 0) is 22.7 Å². The third-order valence-corrected chi connectivity index (χ3v) is 4.72. The van der Waals surface area contributed by atoms with Crippen molar-refractivity contribution >= 4 is 11.8 Å². The molecule has 13 nitrogen and oxygen atoms in total. The highest BCUT2D eigenvalue weighted by Crippen LogP contribution is 2.14. The Morgan fingerprint density at radius 2 is 1.71 bits per heavy atom. The van der Waals surface area contributed by atoms with Gasteiger partial charge < -0.3 is 15.4 Å². The number of unbranched alkanes of at least 4 members (excludes halogenated alkanes) is 2. The van der Waals surface area contributed by atoms with Crippen LogP contribution in [0.1, 0.15) is 25.0 Å². The standard InChI is InChI=1S/C21H26N8O5/c1-2-18(30)22-10-4-3-5-11-23-19(31)13-28-12-15(24-27-28)14-34-17-8-6-16(7-9-17)29-20(32)25-26-21(29)33/h2,6-9,12H,1,3-5,10-11,13-14H2,(H,22,30)(H,23,31)(H,25,32)(H,26,33). The molecule has 0 unspecified atom stereocenters. The Labute approximate surface area is 193 Å². The lowest BCUT2D eigenvalue weighted by atomic mass is 10.2. The molecule has 2 amide bonds. The molecule has 3 aromatic rings. The number of carbonyl (C=O) groups excluding carboxylic acids is 2. The summed E-state index contributed by atoms with van der Waals surface area (Å²) in [5, 5.41) is 17.9. The normalized spacial score (nSPS) is 10.6. The molecule has 0 saturated carbocycles. The quantitative estimate of drug-likeness (QED) is 0.195. The van der Waals surface area contributed by atoms with Crippen molar-refractivity contribution < 1.29 is 14.3 Å². The van der Waals surface area contributed by atoms with Gasteiger partial charge in [-0.3, -0.25) is 9.59 Å². The number of hydrogen-bond donors (Lipinski definition) is 4. The van der Waals surface area contributed by atoms with Crippen LogP contribution < -0.4 is 26.7 Å². The summed E-state index contributed by atoms with van der Waals surface area (Å²) in [6, 6.07) is 6.41. The van der Waals surface area contributed by atoms with Crippen LogP contribution in [0.4, 0.5) is 0 Å². The van der Waals surface area contributed by atoms with Crippen LogP contribution in [-0.4, -0.2) is 54.7 Å². The number of carbonyl (C=O) groups is 2. The van der Waals surface area contributed by atoms with Crippen molar-refractivity contribution in [1.82, 2.24) is 40.4 Å². The van der Waals surface area contributed by atoms with Gasteiger partial charge in [-0.25, -0.2) is 29.0 Å². The molecule has 0 fully saturated rings. The van der Waals surface area contributed by atoms with E-state index in [1.165, 1.54) is 10.8 Å². The molecule has 0 atom stereocenters. The average molecular weight is 470 g/mol. The molecule has 0 radical (unpaired) electrons. The fourth-order valence-electron chi connectivity index (χ4n) is 3.02. The van der Waals surface area contributed by atoms with E-state index in [4.69, 9.17) is 4.74 Å². The third kappa shape index (κ3) is 7.05. The predicted molar refractivity (Wildman–Crippen MR) is 121 cm³/mol. The van der Waals surface area contributed by atoms with Crippen molar-refractivity contribution in [3.63, 3.8) is 0 Å². The molecule has 1 aromatic carbocycles. The molecule has 34 heavy (non-hydrogen) atoms. The first-order chi connectivity index (χ1) is 16.5. The number of nitrogens with one attached hydrogen (secondary N) is 4. The second kappa shape index (κ2) is 12.0. The van der Waals surface area contributed by atoms with Gasteiger partial charge in [0.2, 0.25) is 11.8 Å². The predicted octanol–water partition coefficient (Wildman–Crippen LogP) is -0.387. The van der Waals surface area contributed by atoms with E-state index in [1.807, 2.05) is 0 Å². The number of amides is 2. The number of hydrogen-bond acceptors (Lipinski definition) is 7. The van der Waals surface area contributed by atoms with Crippen LogP contribution in [0.5, 0.6) is 5.75 Å². The summed E-state index contributed by atoms with van der Waals surface area (Å²) in [7, 11) is 0. The zero-order valence-corrected chi connectivity index (χ0v) is 18.5. The minimum absolute atomic E-state index is 0.0387. The summed E-state index contributed by atoms with van der Waals surface area (Å²) in [5.74, 6) is 0.148. The minimum atomic E-state index is -0.562. The SMILES string of the molecule is C=CC(=O)NCCCCCNC(=O)Cn1cc(COc2ccc(-n3c(=O)[nH][nH]c3=O)cc2)nn1. The van der Waals surface area contributed by atoms with E-state index in [2.05, 4.69) is 37.7 Å². The van der Waals surface area contributed by atoms with Gasteiger partial charge in [-0.05, 0) is 49.6 Å². The highest BCUT2D eigenvalue weighted by atomic mass is 16.5. The van der Waals surface area contributed by atoms with Crippen molar-refractivity contribution in [2.24, 2.45) is 0 Å². The molecular weight excluding hydrogens is 444 g/mol. The molecule has 180 valence electrons. The van der Waals surface area contributed by atoms with E-state index in [0.717, 1.165) is 23.8 Å². The van der Waals surface area contributed by atoms with Gasteiger partial charge in [-0.2, -0.15) is 0 Å². The van der Waals surface area contributed by atoms with Crippen molar-refractivity contribution in [3.05, 3.63) is 69.8 Å². The molecule has 0 aliphatic heterocycles. The Hall–Kier alpha value is -4.42. The molecule has 13 heteroatoms. The van der Waals surface area contributed by atoms with E-state index in [-0.39, 0.29) is 25.0 Å². The Morgan fingerprint density at radius 1 is 1.03 bits per heavy atom. The van der Waals surface area contributed by atoms with Crippen molar-refractivity contribution in [2.45, 2.75) is 32.4 Å². The lowest BCUT2D eigenvalue weighted by Gasteiger charge is -2.06. The summed E-state index contributed by atoms with van der Waals surface area (Å²) in [5.41, 5.74) is -0.185. The average Bonchev–Trinajstić information content (AvgIpc) is 3.42. The third-order valence-electron chi connectivity index (χ3n) is 4.72. The van der Waals surface area contributed by atoms with Crippen LogP contribution in [0.3, 0.4) is 0 Å². The molecule has 2 aromatic heterocycles. The summed E-state index contributed by atoms with van der Waals surface area (Å²) < 4.78 is 8.03. The van der Waals surface area contributed by atoms with E-state index in [0.29, 0.717) is 30.2 Å². The number of H-pyrrole nitrogens is 2. The second-order valence-corrected chi connectivity index (χ2v) is 7.29. The minimum Gasteiger partial charge on any atom is -0.487 e. The lowest BCUT2D eigenvalue weighted by Crippen LogP contribution is -2.28. The van der Waals surface area contributed by atoms with Crippen molar-refractivity contribution in [3.8, 4) is 11.4 Å². The van der Waals surface area contributed by atoms with Crippen molar-refractivity contribution in [2.75, 3.05) is 13.1 Å². The molecule has 0 saturated heterocycles. The fraction of sp³-hybridized carbons (Fsp3) is 0.333. The van der Waals surface area contributed by atoms with Crippen LogP contribution >= 0.6 is 0 Å². The van der Waals surface area contributed by atoms with Crippen LogP contribution in [0.2, 0.25) is 0 Å².